The van der Waals surface area contributed by atoms with Crippen molar-refractivity contribution in [2.24, 2.45) is 17.8 Å². The third-order valence-corrected chi connectivity index (χ3v) is 6.26. The average molecular weight is 399 g/mol. The second-order valence-electron chi connectivity index (χ2n) is 6.51. The maximum atomic E-state index is 12.1. The molecule has 0 radical (unpaired) electrons. The Morgan fingerprint density at radius 3 is 2.74 bits per heavy atom. The van der Waals surface area contributed by atoms with Gasteiger partial charge >= 0.3 is 5.97 Å². The molecule has 2 unspecified atom stereocenters. The number of halogens is 2. The first kappa shape index (κ1) is 15.4. The van der Waals surface area contributed by atoms with Gasteiger partial charge in [0.25, 0.3) is 0 Å². The Morgan fingerprint density at radius 1 is 1.39 bits per heavy atom. The second-order valence-corrected chi connectivity index (χ2v) is 7.62. The van der Waals surface area contributed by atoms with E-state index in [-0.39, 0.29) is 11.9 Å². The lowest BCUT2D eigenvalue weighted by Gasteiger charge is -2.33. The van der Waals surface area contributed by atoms with Crippen molar-refractivity contribution in [1.82, 2.24) is 14.4 Å². The fourth-order valence-electron chi connectivity index (χ4n) is 4.53. The van der Waals surface area contributed by atoms with Crippen molar-refractivity contribution in [3.63, 3.8) is 0 Å². The number of fused-ring (bicyclic) bond motifs is 3. The highest BCUT2D eigenvalue weighted by Gasteiger charge is 2.48. The van der Waals surface area contributed by atoms with Crippen molar-refractivity contribution < 1.29 is 9.53 Å². The van der Waals surface area contributed by atoms with Crippen molar-refractivity contribution in [2.45, 2.75) is 31.6 Å². The minimum Gasteiger partial charge on any atom is -0.469 e. The zero-order chi connectivity index (χ0) is 16.1. The highest BCUT2D eigenvalue weighted by atomic mass is 79.9. The Bertz CT molecular complexity index is 764. The number of methoxy groups -OCH3 is 1. The zero-order valence-electron chi connectivity index (χ0n) is 12.7. The molecule has 2 aromatic rings. The van der Waals surface area contributed by atoms with Gasteiger partial charge in [0.15, 0.2) is 5.15 Å². The summed E-state index contributed by atoms with van der Waals surface area (Å²) >= 11 is 9.70. The van der Waals surface area contributed by atoms with Crippen LogP contribution in [-0.4, -0.2) is 27.4 Å². The number of aromatic nitrogens is 3. The van der Waals surface area contributed by atoms with E-state index < -0.39 is 0 Å². The molecule has 23 heavy (non-hydrogen) atoms. The maximum absolute atomic E-state index is 12.1. The predicted molar refractivity (Wildman–Crippen MR) is 89.4 cm³/mol. The molecule has 122 valence electrons. The number of carbonyl (C=O) groups is 1. The molecule has 2 aliphatic carbocycles. The largest absolute Gasteiger partial charge is 0.469 e. The minimum absolute atomic E-state index is 0.0441. The summed E-state index contributed by atoms with van der Waals surface area (Å²) in [5, 5.41) is 0.448. The van der Waals surface area contributed by atoms with E-state index in [0.29, 0.717) is 22.9 Å². The molecule has 0 aliphatic heterocycles. The Kier molecular flexibility index (Phi) is 3.84. The molecule has 0 saturated heterocycles. The summed E-state index contributed by atoms with van der Waals surface area (Å²) in [6, 6.07) is 0. The molecule has 5 nitrogen and oxygen atoms in total. The topological polar surface area (TPSA) is 56.5 Å². The van der Waals surface area contributed by atoms with Gasteiger partial charge < -0.3 is 4.74 Å². The lowest BCUT2D eigenvalue weighted by atomic mass is 9.73. The van der Waals surface area contributed by atoms with E-state index in [9.17, 15) is 4.79 Å². The Morgan fingerprint density at radius 2 is 2.09 bits per heavy atom. The molecule has 2 saturated carbocycles. The first-order valence-corrected chi connectivity index (χ1v) is 9.03. The summed E-state index contributed by atoms with van der Waals surface area (Å²) in [7, 11) is 1.49. The Hall–Kier alpha value is -1.14. The number of imidazole rings is 1. The van der Waals surface area contributed by atoms with Crippen LogP contribution in [0.4, 0.5) is 0 Å². The number of hydrogen-bond donors (Lipinski definition) is 0. The predicted octanol–water partition coefficient (Wildman–Crippen LogP) is 3.84. The highest BCUT2D eigenvalue weighted by Crippen LogP contribution is 2.52. The summed E-state index contributed by atoms with van der Waals surface area (Å²) in [6.45, 7) is 0. The lowest BCUT2D eigenvalue weighted by Crippen LogP contribution is -2.32. The molecule has 2 heterocycles. The molecule has 0 aromatic carbocycles. The molecule has 2 fully saturated rings. The van der Waals surface area contributed by atoms with Crippen molar-refractivity contribution in [1.29, 1.82) is 0 Å². The van der Waals surface area contributed by atoms with Gasteiger partial charge in [-0.15, -0.1) is 0 Å². The van der Waals surface area contributed by atoms with E-state index in [0.717, 1.165) is 41.6 Å². The monoisotopic (exact) mass is 397 g/mol. The van der Waals surface area contributed by atoms with Gasteiger partial charge in [0.05, 0.1) is 13.0 Å². The van der Waals surface area contributed by atoms with Crippen LogP contribution in [0.25, 0.3) is 5.52 Å². The van der Waals surface area contributed by atoms with Crippen LogP contribution in [0.5, 0.6) is 0 Å². The van der Waals surface area contributed by atoms with Crippen LogP contribution in [0.1, 0.15) is 37.4 Å². The van der Waals surface area contributed by atoms with Crippen molar-refractivity contribution in [3.8, 4) is 0 Å². The van der Waals surface area contributed by atoms with Crippen LogP contribution in [0.15, 0.2) is 17.0 Å². The molecule has 2 aliphatic rings. The van der Waals surface area contributed by atoms with Crippen molar-refractivity contribution >= 4 is 39.0 Å². The minimum atomic E-state index is -0.0441. The molecule has 0 amide bonds. The van der Waals surface area contributed by atoms with E-state index >= 15 is 0 Å². The van der Waals surface area contributed by atoms with E-state index in [4.69, 9.17) is 21.3 Å². The molecular weight excluding hydrogens is 382 g/mol. The first-order valence-electron chi connectivity index (χ1n) is 7.86. The fraction of sp³-hybridized carbons (Fsp3) is 0.562. The third-order valence-electron chi connectivity index (χ3n) is 5.43. The number of esters is 1. The molecule has 0 N–H and O–H groups in total. The van der Waals surface area contributed by atoms with E-state index in [1.165, 1.54) is 7.11 Å². The second kappa shape index (κ2) is 5.74. The Balaban J connectivity index is 1.69. The quantitative estimate of drug-likeness (QED) is 0.721. The Labute approximate surface area is 147 Å². The van der Waals surface area contributed by atoms with E-state index in [1.807, 2.05) is 10.6 Å². The van der Waals surface area contributed by atoms with Crippen molar-refractivity contribution in [3.05, 3.63) is 28.0 Å². The first-order chi connectivity index (χ1) is 11.1. The number of ether oxygens (including phenoxy) is 1. The lowest BCUT2D eigenvalue weighted by molar-refractivity contribution is -0.149. The van der Waals surface area contributed by atoms with Gasteiger partial charge in [-0.3, -0.25) is 9.20 Å². The number of nitrogens with zero attached hydrogens (tertiary/aromatic N) is 3. The molecular formula is C16H17BrClN3O2. The normalized spacial score (nSPS) is 29.9. The van der Waals surface area contributed by atoms with Gasteiger partial charge in [0, 0.05) is 18.3 Å². The van der Waals surface area contributed by atoms with Crippen LogP contribution in [-0.2, 0) is 9.53 Å². The molecule has 7 heteroatoms. The highest BCUT2D eigenvalue weighted by molar-refractivity contribution is 9.10. The van der Waals surface area contributed by atoms with Crippen LogP contribution >= 0.6 is 27.5 Å². The molecule has 0 spiro atoms. The van der Waals surface area contributed by atoms with E-state index in [1.54, 1.807) is 6.20 Å². The maximum Gasteiger partial charge on any atom is 0.309 e. The summed E-state index contributed by atoms with van der Waals surface area (Å²) in [5.74, 6) is 2.17. The smallest absolute Gasteiger partial charge is 0.309 e. The van der Waals surface area contributed by atoms with Gasteiger partial charge in [-0.2, -0.15) is 0 Å². The number of carbonyl (C=O) groups excluding carboxylic acids is 1. The SMILES string of the molecule is COC(=O)C1C2CCC1CC(c1nc(Br)c3c(Cl)nccn13)C2. The summed E-state index contributed by atoms with van der Waals surface area (Å²) in [4.78, 5) is 20.9. The third kappa shape index (κ3) is 2.38. The summed E-state index contributed by atoms with van der Waals surface area (Å²) in [6.07, 6.45) is 7.76. The van der Waals surface area contributed by atoms with Crippen LogP contribution in [0, 0.1) is 17.8 Å². The van der Waals surface area contributed by atoms with Crippen molar-refractivity contribution in [2.75, 3.05) is 7.11 Å². The fourth-order valence-corrected chi connectivity index (χ4v) is 5.44. The van der Waals surface area contributed by atoms with Crippen LogP contribution in [0.2, 0.25) is 5.15 Å². The van der Waals surface area contributed by atoms with Gasteiger partial charge in [-0.1, -0.05) is 11.6 Å². The molecule has 4 rings (SSSR count). The average Bonchev–Trinajstić information content (AvgIpc) is 3.02. The molecule has 2 atom stereocenters. The summed E-state index contributed by atoms with van der Waals surface area (Å²) < 4.78 is 7.77. The van der Waals surface area contributed by atoms with Crippen LogP contribution in [0.3, 0.4) is 0 Å². The van der Waals surface area contributed by atoms with Gasteiger partial charge in [-0.05, 0) is 53.4 Å². The molecule has 2 aromatic heterocycles. The molecule has 2 bridgehead atoms. The zero-order valence-corrected chi connectivity index (χ0v) is 15.0. The van der Waals surface area contributed by atoms with E-state index in [2.05, 4.69) is 20.9 Å². The van der Waals surface area contributed by atoms with Crippen LogP contribution < -0.4 is 0 Å². The van der Waals surface area contributed by atoms with Gasteiger partial charge in [0.1, 0.15) is 15.9 Å². The van der Waals surface area contributed by atoms with Gasteiger partial charge in [-0.25, -0.2) is 9.97 Å². The summed E-state index contributed by atoms with van der Waals surface area (Å²) in [5.41, 5.74) is 0.812. The standard InChI is InChI=1S/C16H17BrClN3O2/c1-23-16(22)11-8-2-3-9(11)7-10(6-8)15-20-13(17)12-14(18)19-4-5-21(12)15/h4-5,8-11H,2-3,6-7H2,1H3. The number of rotatable bonds is 2. The van der Waals surface area contributed by atoms with Gasteiger partial charge in [0.2, 0.25) is 0 Å². The number of hydrogen-bond acceptors (Lipinski definition) is 4.